The Morgan fingerprint density at radius 3 is 2.45 bits per heavy atom. The molecule has 0 atom stereocenters. The summed E-state index contributed by atoms with van der Waals surface area (Å²) in [4.78, 5) is 11.3. The zero-order valence-corrected chi connectivity index (χ0v) is 12.7. The Labute approximate surface area is 129 Å². The number of halogens is 1. The maximum atomic E-state index is 13.8. The summed E-state index contributed by atoms with van der Waals surface area (Å²) < 4.78 is 23.4. The summed E-state index contributed by atoms with van der Waals surface area (Å²) in [6.45, 7) is 1.82. The first-order valence-electron chi connectivity index (χ1n) is 6.75. The molecule has 22 heavy (non-hydrogen) atoms. The lowest BCUT2D eigenvalue weighted by Gasteiger charge is -2.08. The third kappa shape index (κ3) is 3.52. The minimum absolute atomic E-state index is 0.210. The van der Waals surface area contributed by atoms with Gasteiger partial charge < -0.3 is 9.47 Å². The number of carbonyl (C=O) groups is 1. The van der Waals surface area contributed by atoms with Gasteiger partial charge in [0.05, 0.1) is 14.2 Å². The van der Waals surface area contributed by atoms with Gasteiger partial charge in [-0.2, -0.15) is 0 Å². The van der Waals surface area contributed by atoms with Crippen LogP contribution in [0.3, 0.4) is 0 Å². The van der Waals surface area contributed by atoms with Crippen molar-refractivity contribution in [3.05, 3.63) is 59.9 Å². The van der Waals surface area contributed by atoms with Crippen LogP contribution in [0.2, 0.25) is 0 Å². The summed E-state index contributed by atoms with van der Waals surface area (Å²) in [5.74, 6) is -0.604. The monoisotopic (exact) mass is 300 g/mol. The van der Waals surface area contributed by atoms with Crippen molar-refractivity contribution in [3.8, 4) is 16.9 Å². The highest BCUT2D eigenvalue weighted by molar-refractivity contribution is 5.91. The zero-order chi connectivity index (χ0) is 16.1. The van der Waals surface area contributed by atoms with Crippen LogP contribution in [0.5, 0.6) is 5.75 Å². The third-order valence-corrected chi connectivity index (χ3v) is 3.34. The van der Waals surface area contributed by atoms with E-state index in [-0.39, 0.29) is 5.75 Å². The molecule has 0 aliphatic carbocycles. The molecule has 114 valence electrons. The predicted octanol–water partition coefficient (Wildman–Crippen LogP) is 4.08. The molecule has 0 heterocycles. The second kappa shape index (κ2) is 6.89. The molecule has 0 saturated carbocycles. The van der Waals surface area contributed by atoms with Gasteiger partial charge in [0, 0.05) is 6.08 Å². The number of ether oxygens (including phenoxy) is 2. The maximum Gasteiger partial charge on any atom is 0.330 e. The predicted molar refractivity (Wildman–Crippen MR) is 84.1 cm³/mol. The Balaban J connectivity index is 2.38. The second-order valence-electron chi connectivity index (χ2n) is 4.78. The molecule has 0 amide bonds. The lowest BCUT2D eigenvalue weighted by molar-refractivity contribution is -0.134. The number of carbonyl (C=O) groups excluding carboxylic acids is 1. The normalized spacial score (nSPS) is 11.2. The van der Waals surface area contributed by atoms with Crippen molar-refractivity contribution in [2.45, 2.75) is 6.92 Å². The number of allylic oxidation sites excluding steroid dienone is 1. The smallest absolute Gasteiger partial charge is 0.330 e. The summed E-state index contributed by atoms with van der Waals surface area (Å²) in [6.07, 6.45) is 1.42. The fourth-order valence-corrected chi connectivity index (χ4v) is 2.11. The summed E-state index contributed by atoms with van der Waals surface area (Å²) in [5.41, 5.74) is 3.25. The van der Waals surface area contributed by atoms with E-state index >= 15 is 0 Å². The lowest BCUT2D eigenvalue weighted by Crippen LogP contribution is -1.96. The van der Waals surface area contributed by atoms with E-state index in [2.05, 4.69) is 4.74 Å². The van der Waals surface area contributed by atoms with E-state index in [1.807, 2.05) is 31.2 Å². The van der Waals surface area contributed by atoms with E-state index in [0.29, 0.717) is 0 Å². The average molecular weight is 300 g/mol. The first-order chi connectivity index (χ1) is 10.5. The highest BCUT2D eigenvalue weighted by atomic mass is 19.1. The molecule has 0 unspecified atom stereocenters. The van der Waals surface area contributed by atoms with Gasteiger partial charge in [-0.05, 0) is 47.4 Å². The SMILES string of the molecule is COC(=O)/C=C(\C)c1cccc(-c2ccc(OC)c(F)c2)c1. The van der Waals surface area contributed by atoms with Gasteiger partial charge in [0.2, 0.25) is 0 Å². The van der Waals surface area contributed by atoms with Crippen LogP contribution in [-0.2, 0) is 9.53 Å². The van der Waals surface area contributed by atoms with E-state index in [1.54, 1.807) is 12.1 Å². The van der Waals surface area contributed by atoms with Gasteiger partial charge in [-0.25, -0.2) is 9.18 Å². The van der Waals surface area contributed by atoms with Gasteiger partial charge in [0.15, 0.2) is 11.6 Å². The Bertz CT molecular complexity index is 720. The molecule has 0 fully saturated rings. The summed E-state index contributed by atoms with van der Waals surface area (Å²) >= 11 is 0. The van der Waals surface area contributed by atoms with Crippen LogP contribution < -0.4 is 4.74 Å². The molecule has 3 nitrogen and oxygen atoms in total. The van der Waals surface area contributed by atoms with E-state index in [0.717, 1.165) is 22.3 Å². The van der Waals surface area contributed by atoms with Gasteiger partial charge in [0.1, 0.15) is 0 Å². The molecule has 0 spiro atoms. The van der Waals surface area contributed by atoms with E-state index in [1.165, 1.54) is 26.4 Å². The van der Waals surface area contributed by atoms with Crippen LogP contribution in [0.15, 0.2) is 48.5 Å². The Hall–Kier alpha value is -2.62. The average Bonchev–Trinajstić information content (AvgIpc) is 2.54. The largest absolute Gasteiger partial charge is 0.494 e. The first kappa shape index (κ1) is 15.8. The van der Waals surface area contributed by atoms with Crippen LogP contribution >= 0.6 is 0 Å². The number of methoxy groups -OCH3 is 2. The molecule has 0 radical (unpaired) electrons. The van der Waals surface area contributed by atoms with Crippen LogP contribution in [0, 0.1) is 5.82 Å². The van der Waals surface area contributed by atoms with Crippen molar-refractivity contribution >= 4 is 11.5 Å². The number of benzene rings is 2. The van der Waals surface area contributed by atoms with Crippen molar-refractivity contribution in [2.75, 3.05) is 14.2 Å². The van der Waals surface area contributed by atoms with Gasteiger partial charge in [-0.1, -0.05) is 24.3 Å². The van der Waals surface area contributed by atoms with Gasteiger partial charge in [-0.3, -0.25) is 0 Å². The van der Waals surface area contributed by atoms with E-state index in [4.69, 9.17) is 4.74 Å². The summed E-state index contributed by atoms with van der Waals surface area (Å²) in [6, 6.07) is 12.3. The standard InChI is InChI=1S/C18H17FO3/c1-12(9-18(20)22-3)13-5-4-6-14(10-13)15-7-8-17(21-2)16(19)11-15/h4-11H,1-3H3/b12-9+. The molecule has 0 bridgehead atoms. The minimum atomic E-state index is -0.410. The molecule has 2 rings (SSSR count). The maximum absolute atomic E-state index is 13.8. The first-order valence-corrected chi connectivity index (χ1v) is 6.75. The fraction of sp³-hybridized carbons (Fsp3) is 0.167. The Morgan fingerprint density at radius 2 is 1.82 bits per heavy atom. The molecular formula is C18H17FO3. The van der Waals surface area contributed by atoms with Crippen molar-refractivity contribution in [3.63, 3.8) is 0 Å². The van der Waals surface area contributed by atoms with Crippen molar-refractivity contribution in [1.82, 2.24) is 0 Å². The number of hydrogen-bond donors (Lipinski definition) is 0. The quantitative estimate of drug-likeness (QED) is 0.630. The van der Waals surface area contributed by atoms with Gasteiger partial charge in [-0.15, -0.1) is 0 Å². The molecule has 0 saturated heterocycles. The third-order valence-electron chi connectivity index (χ3n) is 3.34. The van der Waals surface area contributed by atoms with Crippen LogP contribution in [-0.4, -0.2) is 20.2 Å². The molecule has 2 aromatic rings. The minimum Gasteiger partial charge on any atom is -0.494 e. The van der Waals surface area contributed by atoms with E-state index < -0.39 is 11.8 Å². The van der Waals surface area contributed by atoms with Gasteiger partial charge >= 0.3 is 5.97 Å². The molecule has 4 heteroatoms. The number of hydrogen-bond acceptors (Lipinski definition) is 3. The highest BCUT2D eigenvalue weighted by Gasteiger charge is 2.07. The zero-order valence-electron chi connectivity index (χ0n) is 12.7. The molecule has 0 aliphatic heterocycles. The number of rotatable bonds is 4. The van der Waals surface area contributed by atoms with Crippen molar-refractivity contribution < 1.29 is 18.7 Å². The fourth-order valence-electron chi connectivity index (χ4n) is 2.11. The van der Waals surface area contributed by atoms with Crippen molar-refractivity contribution in [2.24, 2.45) is 0 Å². The molecule has 0 aromatic heterocycles. The molecule has 0 aliphatic rings. The Kier molecular flexibility index (Phi) is 4.94. The van der Waals surface area contributed by atoms with Crippen LogP contribution in [0.4, 0.5) is 4.39 Å². The van der Waals surface area contributed by atoms with E-state index in [9.17, 15) is 9.18 Å². The highest BCUT2D eigenvalue weighted by Crippen LogP contribution is 2.27. The lowest BCUT2D eigenvalue weighted by atomic mass is 9.99. The molecular weight excluding hydrogens is 283 g/mol. The summed E-state index contributed by atoms with van der Waals surface area (Å²) in [7, 11) is 2.77. The van der Waals surface area contributed by atoms with Gasteiger partial charge in [0.25, 0.3) is 0 Å². The Morgan fingerprint density at radius 1 is 1.09 bits per heavy atom. The topological polar surface area (TPSA) is 35.5 Å². The second-order valence-corrected chi connectivity index (χ2v) is 4.78. The van der Waals surface area contributed by atoms with Crippen LogP contribution in [0.25, 0.3) is 16.7 Å². The van der Waals surface area contributed by atoms with Crippen LogP contribution in [0.1, 0.15) is 12.5 Å². The molecule has 2 aromatic carbocycles. The molecule has 0 N–H and O–H groups in total. The summed E-state index contributed by atoms with van der Waals surface area (Å²) in [5, 5.41) is 0. The number of esters is 1. The van der Waals surface area contributed by atoms with Crippen molar-refractivity contribution in [1.29, 1.82) is 0 Å².